The highest BCUT2D eigenvalue weighted by atomic mass is 15.0. The van der Waals surface area contributed by atoms with Gasteiger partial charge in [-0.25, -0.2) is 0 Å². The van der Waals surface area contributed by atoms with Gasteiger partial charge in [0.25, 0.3) is 0 Å². The van der Waals surface area contributed by atoms with Gasteiger partial charge in [0.2, 0.25) is 0 Å². The summed E-state index contributed by atoms with van der Waals surface area (Å²) in [5.41, 5.74) is 13.3. The third kappa shape index (κ3) is 5.70. The molecule has 1 aromatic heterocycles. The molecule has 0 radical (unpaired) electrons. The number of nitrogens with zero attached hydrogens (tertiary/aromatic N) is 1. The Balaban J connectivity index is 1.15. The van der Waals surface area contributed by atoms with E-state index in [2.05, 4.69) is 241 Å². The van der Waals surface area contributed by atoms with Gasteiger partial charge < -0.3 is 4.57 Å². The first-order valence-electron chi connectivity index (χ1n) is 21.1. The molecule has 12 rings (SSSR count). The standard InChI is InChI=1S/C60H39N/c1-3-19-42(20-4-1)56-37-38-57(43-21-5-2-6-22-43)61(56)58-36-35-47(48-27-11-12-28-49(48)58)44-33-34-54-55(39-44)60(51-32-16-24-41-18-8-10-26-46(41)51)53-30-14-13-29-52(53)59(54)50-31-15-23-40-17-7-9-25-45(40)50/h1-39H. The summed E-state index contributed by atoms with van der Waals surface area (Å²) in [6.07, 6.45) is 0. The first-order chi connectivity index (χ1) is 30.3. The van der Waals surface area contributed by atoms with E-state index in [0.717, 1.165) is 17.1 Å². The molecule has 0 bridgehead atoms. The van der Waals surface area contributed by atoms with Crippen molar-refractivity contribution < 1.29 is 0 Å². The van der Waals surface area contributed by atoms with Gasteiger partial charge >= 0.3 is 0 Å². The Kier molecular flexibility index (Phi) is 8.25. The maximum atomic E-state index is 2.47. The minimum absolute atomic E-state index is 1.16. The van der Waals surface area contributed by atoms with E-state index in [1.54, 1.807) is 0 Å². The Hall–Kier alpha value is -8.00. The lowest BCUT2D eigenvalue weighted by molar-refractivity contribution is 1.11. The molecule has 0 N–H and O–H groups in total. The number of rotatable bonds is 6. The molecular weight excluding hydrogens is 735 g/mol. The molecule has 0 amide bonds. The van der Waals surface area contributed by atoms with E-state index in [9.17, 15) is 0 Å². The molecule has 0 aliphatic carbocycles. The number of hydrogen-bond donors (Lipinski definition) is 0. The van der Waals surface area contributed by atoms with Crippen molar-refractivity contribution in [2.45, 2.75) is 0 Å². The van der Waals surface area contributed by atoms with Crippen LogP contribution in [0.4, 0.5) is 0 Å². The third-order valence-corrected chi connectivity index (χ3v) is 12.6. The molecule has 0 aliphatic heterocycles. The van der Waals surface area contributed by atoms with E-state index >= 15 is 0 Å². The lowest BCUT2D eigenvalue weighted by Gasteiger charge is -2.21. The first-order valence-corrected chi connectivity index (χ1v) is 21.1. The minimum Gasteiger partial charge on any atom is -0.309 e. The normalized spacial score (nSPS) is 11.6. The SMILES string of the molecule is c1ccc(-c2ccc(-c3ccccc3)n2-c2ccc(-c3ccc4c(-c5cccc6ccccc56)c5ccccc5c(-c5cccc6ccccc56)c4c3)c3ccccc23)cc1. The Morgan fingerprint density at radius 3 is 1.25 bits per heavy atom. The van der Waals surface area contributed by atoms with Gasteiger partial charge in [-0.15, -0.1) is 0 Å². The van der Waals surface area contributed by atoms with Gasteiger partial charge in [-0.1, -0.05) is 212 Å². The Bertz CT molecular complexity index is 3560. The number of aromatic nitrogens is 1. The molecule has 0 aliphatic rings. The van der Waals surface area contributed by atoms with Crippen LogP contribution in [0.3, 0.4) is 0 Å². The lowest BCUT2D eigenvalue weighted by Crippen LogP contribution is -2.01. The smallest absolute Gasteiger partial charge is 0.0540 e. The molecule has 1 heterocycles. The van der Waals surface area contributed by atoms with Crippen molar-refractivity contribution in [3.8, 4) is 61.6 Å². The van der Waals surface area contributed by atoms with Crippen molar-refractivity contribution >= 4 is 53.9 Å². The molecule has 284 valence electrons. The largest absolute Gasteiger partial charge is 0.309 e. The summed E-state index contributed by atoms with van der Waals surface area (Å²) in [5.74, 6) is 0. The molecular formula is C60H39N. The van der Waals surface area contributed by atoms with E-state index in [-0.39, 0.29) is 0 Å². The molecule has 11 aromatic carbocycles. The van der Waals surface area contributed by atoms with Crippen LogP contribution in [-0.2, 0) is 0 Å². The van der Waals surface area contributed by atoms with E-state index in [1.165, 1.54) is 98.4 Å². The van der Waals surface area contributed by atoms with Crippen LogP contribution >= 0.6 is 0 Å². The number of fused-ring (bicyclic) bond motifs is 5. The average molecular weight is 774 g/mol. The monoisotopic (exact) mass is 773 g/mol. The Morgan fingerprint density at radius 2 is 0.672 bits per heavy atom. The Morgan fingerprint density at radius 1 is 0.230 bits per heavy atom. The fraction of sp³-hybridized carbons (Fsp3) is 0. The van der Waals surface area contributed by atoms with Crippen LogP contribution in [0.25, 0.3) is 115 Å². The summed E-state index contributed by atoms with van der Waals surface area (Å²) in [7, 11) is 0. The summed E-state index contributed by atoms with van der Waals surface area (Å²) < 4.78 is 2.44. The topological polar surface area (TPSA) is 4.93 Å². The zero-order chi connectivity index (χ0) is 40.3. The fourth-order valence-corrected chi connectivity index (χ4v) is 9.91. The van der Waals surface area contributed by atoms with Crippen molar-refractivity contribution in [3.05, 3.63) is 237 Å². The molecule has 12 aromatic rings. The summed E-state index contributed by atoms with van der Waals surface area (Å²) >= 11 is 0. The van der Waals surface area contributed by atoms with Gasteiger partial charge in [-0.3, -0.25) is 0 Å². The summed E-state index contributed by atoms with van der Waals surface area (Å²) in [6.45, 7) is 0. The van der Waals surface area contributed by atoms with Gasteiger partial charge in [0.1, 0.15) is 0 Å². The fourth-order valence-electron chi connectivity index (χ4n) is 9.91. The number of hydrogen-bond acceptors (Lipinski definition) is 0. The van der Waals surface area contributed by atoms with Crippen LogP contribution in [0.15, 0.2) is 237 Å². The quantitative estimate of drug-likeness (QED) is 0.148. The molecule has 61 heavy (non-hydrogen) atoms. The molecule has 0 spiro atoms. The molecule has 0 fully saturated rings. The van der Waals surface area contributed by atoms with Crippen molar-refractivity contribution in [1.29, 1.82) is 0 Å². The predicted molar refractivity (Wildman–Crippen MR) is 260 cm³/mol. The lowest BCUT2D eigenvalue weighted by atomic mass is 9.82. The van der Waals surface area contributed by atoms with Gasteiger partial charge in [0.15, 0.2) is 0 Å². The van der Waals surface area contributed by atoms with Crippen molar-refractivity contribution in [2.75, 3.05) is 0 Å². The van der Waals surface area contributed by atoms with Crippen LogP contribution < -0.4 is 0 Å². The summed E-state index contributed by atoms with van der Waals surface area (Å²) in [5, 5.41) is 12.4. The second-order valence-corrected chi connectivity index (χ2v) is 16.0. The zero-order valence-electron chi connectivity index (χ0n) is 33.5. The highest BCUT2D eigenvalue weighted by Crippen LogP contribution is 2.48. The van der Waals surface area contributed by atoms with Crippen LogP contribution in [-0.4, -0.2) is 4.57 Å². The Labute approximate surface area is 355 Å². The molecule has 0 unspecified atom stereocenters. The summed E-state index contributed by atoms with van der Waals surface area (Å²) in [6, 6.07) is 86.9. The van der Waals surface area contributed by atoms with Crippen molar-refractivity contribution in [3.63, 3.8) is 0 Å². The maximum Gasteiger partial charge on any atom is 0.0540 e. The predicted octanol–water partition coefficient (Wildman–Crippen LogP) is 16.6. The second kappa shape index (κ2) is 14.4. The van der Waals surface area contributed by atoms with Crippen LogP contribution in [0.1, 0.15) is 0 Å². The van der Waals surface area contributed by atoms with E-state index in [0.29, 0.717) is 0 Å². The zero-order valence-corrected chi connectivity index (χ0v) is 33.5. The second-order valence-electron chi connectivity index (χ2n) is 16.0. The number of benzene rings is 11. The molecule has 0 saturated heterocycles. The van der Waals surface area contributed by atoms with Crippen molar-refractivity contribution in [1.82, 2.24) is 4.57 Å². The first kappa shape index (κ1) is 35.0. The van der Waals surface area contributed by atoms with Gasteiger partial charge in [0, 0.05) is 5.39 Å². The van der Waals surface area contributed by atoms with Crippen molar-refractivity contribution in [2.24, 2.45) is 0 Å². The van der Waals surface area contributed by atoms with Crippen LogP contribution in [0.2, 0.25) is 0 Å². The average Bonchev–Trinajstić information content (AvgIpc) is 3.78. The highest BCUT2D eigenvalue weighted by molar-refractivity contribution is 6.26. The van der Waals surface area contributed by atoms with E-state index in [1.807, 2.05) is 0 Å². The van der Waals surface area contributed by atoms with E-state index < -0.39 is 0 Å². The van der Waals surface area contributed by atoms with Gasteiger partial charge in [0.05, 0.1) is 17.1 Å². The molecule has 0 atom stereocenters. The molecule has 1 heteroatoms. The minimum atomic E-state index is 1.16. The van der Waals surface area contributed by atoms with E-state index in [4.69, 9.17) is 0 Å². The highest BCUT2D eigenvalue weighted by Gasteiger charge is 2.22. The summed E-state index contributed by atoms with van der Waals surface area (Å²) in [4.78, 5) is 0. The van der Waals surface area contributed by atoms with Crippen LogP contribution in [0.5, 0.6) is 0 Å². The maximum absolute atomic E-state index is 2.47. The van der Waals surface area contributed by atoms with Gasteiger partial charge in [-0.05, 0) is 117 Å². The van der Waals surface area contributed by atoms with Crippen LogP contribution in [0, 0.1) is 0 Å². The third-order valence-electron chi connectivity index (χ3n) is 12.6. The molecule has 0 saturated carbocycles. The molecule has 1 nitrogen and oxygen atoms in total. The van der Waals surface area contributed by atoms with Gasteiger partial charge in [-0.2, -0.15) is 0 Å².